The standard InChI is InChI=1S/C20H26Cl2N2O2/c1-2-4-17(11-15-7-8-16(21)12-19(15)22)25-20-6-3-5-18(26-20)13-24-10-9-23-14-24/h7-10,12,14,17-18,20H,2-6,11,13H2,1H3. The fraction of sp³-hybridized carbons (Fsp3) is 0.550. The number of hydrogen-bond acceptors (Lipinski definition) is 3. The van der Waals surface area contributed by atoms with Crippen LogP contribution in [0.3, 0.4) is 0 Å². The van der Waals surface area contributed by atoms with Crippen LogP contribution in [0.1, 0.15) is 44.6 Å². The summed E-state index contributed by atoms with van der Waals surface area (Å²) in [5.41, 5.74) is 1.07. The molecular formula is C20H26Cl2N2O2. The summed E-state index contributed by atoms with van der Waals surface area (Å²) >= 11 is 12.3. The van der Waals surface area contributed by atoms with Crippen LogP contribution in [0, 0.1) is 0 Å². The zero-order chi connectivity index (χ0) is 18.4. The second-order valence-electron chi connectivity index (χ2n) is 6.86. The highest BCUT2D eigenvalue weighted by Gasteiger charge is 2.26. The van der Waals surface area contributed by atoms with Crippen molar-refractivity contribution in [2.75, 3.05) is 0 Å². The lowest BCUT2D eigenvalue weighted by molar-refractivity contribution is -0.217. The summed E-state index contributed by atoms with van der Waals surface area (Å²) in [5.74, 6) is 0. The fourth-order valence-corrected chi connectivity index (χ4v) is 3.90. The summed E-state index contributed by atoms with van der Waals surface area (Å²) in [6.45, 7) is 2.99. The van der Waals surface area contributed by atoms with Gasteiger partial charge in [0, 0.05) is 35.4 Å². The van der Waals surface area contributed by atoms with Crippen molar-refractivity contribution in [1.29, 1.82) is 0 Å². The molecule has 1 aromatic heterocycles. The zero-order valence-electron chi connectivity index (χ0n) is 15.1. The molecule has 0 spiro atoms. The number of ether oxygens (including phenoxy) is 2. The molecule has 0 aliphatic carbocycles. The summed E-state index contributed by atoms with van der Waals surface area (Å²) < 4.78 is 14.6. The summed E-state index contributed by atoms with van der Waals surface area (Å²) in [6.07, 6.45) is 11.6. The van der Waals surface area contributed by atoms with Crippen molar-refractivity contribution in [3.8, 4) is 0 Å². The first-order chi connectivity index (χ1) is 12.6. The quantitative estimate of drug-likeness (QED) is 0.589. The van der Waals surface area contributed by atoms with Crippen LogP contribution in [0.2, 0.25) is 10.0 Å². The van der Waals surface area contributed by atoms with Crippen LogP contribution in [0.15, 0.2) is 36.9 Å². The normalized spacial score (nSPS) is 21.7. The smallest absolute Gasteiger partial charge is 0.158 e. The maximum Gasteiger partial charge on any atom is 0.158 e. The second kappa shape index (κ2) is 9.75. The van der Waals surface area contributed by atoms with Gasteiger partial charge in [0.2, 0.25) is 0 Å². The summed E-state index contributed by atoms with van der Waals surface area (Å²) in [6, 6.07) is 5.66. The van der Waals surface area contributed by atoms with Crippen molar-refractivity contribution in [1.82, 2.24) is 9.55 Å². The van der Waals surface area contributed by atoms with E-state index in [1.165, 1.54) is 0 Å². The topological polar surface area (TPSA) is 36.3 Å². The highest BCUT2D eigenvalue weighted by molar-refractivity contribution is 6.35. The van der Waals surface area contributed by atoms with Crippen molar-refractivity contribution in [2.24, 2.45) is 0 Å². The largest absolute Gasteiger partial charge is 0.349 e. The van der Waals surface area contributed by atoms with E-state index in [0.717, 1.165) is 50.6 Å². The Morgan fingerprint density at radius 1 is 1.35 bits per heavy atom. The number of benzene rings is 1. The van der Waals surface area contributed by atoms with Gasteiger partial charge in [-0.15, -0.1) is 0 Å². The van der Waals surface area contributed by atoms with E-state index in [-0.39, 0.29) is 18.5 Å². The lowest BCUT2D eigenvalue weighted by Crippen LogP contribution is -2.35. The SMILES string of the molecule is CCCC(Cc1ccc(Cl)cc1Cl)OC1CCCC(Cn2ccnc2)O1. The van der Waals surface area contributed by atoms with Gasteiger partial charge in [-0.05, 0) is 43.4 Å². The molecule has 3 rings (SSSR count). The molecule has 3 unspecified atom stereocenters. The number of rotatable bonds is 8. The summed E-state index contributed by atoms with van der Waals surface area (Å²) in [5, 5.41) is 1.36. The minimum atomic E-state index is -0.153. The van der Waals surface area contributed by atoms with E-state index in [0.29, 0.717) is 10.0 Å². The Hall–Kier alpha value is -1.07. The number of hydrogen-bond donors (Lipinski definition) is 0. The average molecular weight is 397 g/mol. The molecule has 1 aliphatic rings. The molecule has 1 aliphatic heterocycles. The summed E-state index contributed by atoms with van der Waals surface area (Å²) in [7, 11) is 0. The monoisotopic (exact) mass is 396 g/mol. The molecule has 0 amide bonds. The molecule has 0 saturated carbocycles. The molecular weight excluding hydrogens is 371 g/mol. The van der Waals surface area contributed by atoms with Gasteiger partial charge in [-0.2, -0.15) is 0 Å². The molecule has 142 valence electrons. The minimum Gasteiger partial charge on any atom is -0.349 e. The van der Waals surface area contributed by atoms with Crippen molar-refractivity contribution in [2.45, 2.75) is 70.5 Å². The predicted octanol–water partition coefficient (Wildman–Crippen LogP) is 5.51. The predicted molar refractivity (Wildman–Crippen MR) is 105 cm³/mol. The van der Waals surface area contributed by atoms with Gasteiger partial charge >= 0.3 is 0 Å². The van der Waals surface area contributed by atoms with Gasteiger partial charge in [-0.1, -0.05) is 42.6 Å². The number of halogens is 2. The van der Waals surface area contributed by atoms with Crippen LogP contribution in [-0.4, -0.2) is 28.0 Å². The molecule has 1 fully saturated rings. The Morgan fingerprint density at radius 3 is 2.96 bits per heavy atom. The van der Waals surface area contributed by atoms with Crippen molar-refractivity contribution in [3.05, 3.63) is 52.5 Å². The van der Waals surface area contributed by atoms with E-state index in [1.54, 1.807) is 12.3 Å². The molecule has 0 radical (unpaired) electrons. The highest BCUT2D eigenvalue weighted by Crippen LogP contribution is 2.27. The Balaban J connectivity index is 1.58. The number of aromatic nitrogens is 2. The first-order valence-corrected chi connectivity index (χ1v) is 10.1. The van der Waals surface area contributed by atoms with Gasteiger partial charge in [-0.3, -0.25) is 0 Å². The van der Waals surface area contributed by atoms with E-state index in [1.807, 2.05) is 24.7 Å². The van der Waals surface area contributed by atoms with Crippen molar-refractivity contribution in [3.63, 3.8) is 0 Å². The van der Waals surface area contributed by atoms with Crippen LogP contribution in [-0.2, 0) is 22.4 Å². The second-order valence-corrected chi connectivity index (χ2v) is 7.71. The third kappa shape index (κ3) is 5.71. The molecule has 2 heterocycles. The summed E-state index contributed by atoms with van der Waals surface area (Å²) in [4.78, 5) is 4.09. The highest BCUT2D eigenvalue weighted by atomic mass is 35.5. The van der Waals surface area contributed by atoms with Crippen LogP contribution >= 0.6 is 23.2 Å². The Morgan fingerprint density at radius 2 is 2.23 bits per heavy atom. The third-order valence-corrected chi connectivity index (χ3v) is 5.29. The lowest BCUT2D eigenvalue weighted by Gasteiger charge is -2.33. The van der Waals surface area contributed by atoms with Crippen LogP contribution in [0.25, 0.3) is 0 Å². The van der Waals surface area contributed by atoms with E-state index in [4.69, 9.17) is 32.7 Å². The lowest BCUT2D eigenvalue weighted by atomic mass is 10.0. The van der Waals surface area contributed by atoms with Crippen LogP contribution < -0.4 is 0 Å². The fourth-order valence-electron chi connectivity index (χ4n) is 3.41. The van der Waals surface area contributed by atoms with Crippen molar-refractivity contribution < 1.29 is 9.47 Å². The number of nitrogens with zero attached hydrogens (tertiary/aromatic N) is 2. The zero-order valence-corrected chi connectivity index (χ0v) is 16.6. The van der Waals surface area contributed by atoms with Crippen molar-refractivity contribution >= 4 is 23.2 Å². The Kier molecular flexibility index (Phi) is 7.38. The molecule has 0 N–H and O–H groups in total. The molecule has 3 atom stereocenters. The van der Waals surface area contributed by atoms with Gasteiger partial charge in [-0.25, -0.2) is 4.98 Å². The molecule has 2 aromatic rings. The van der Waals surface area contributed by atoms with E-state index in [9.17, 15) is 0 Å². The first-order valence-electron chi connectivity index (χ1n) is 9.34. The number of imidazole rings is 1. The van der Waals surface area contributed by atoms with Gasteiger partial charge in [0.25, 0.3) is 0 Å². The van der Waals surface area contributed by atoms with Gasteiger partial charge in [0.15, 0.2) is 6.29 Å². The first kappa shape index (κ1) is 19.7. The van der Waals surface area contributed by atoms with E-state index < -0.39 is 0 Å². The maximum atomic E-state index is 6.34. The molecule has 4 nitrogen and oxygen atoms in total. The molecule has 1 saturated heterocycles. The van der Waals surface area contributed by atoms with Gasteiger partial charge in [0.05, 0.1) is 18.5 Å². The molecule has 0 bridgehead atoms. The Labute approximate surface area is 165 Å². The van der Waals surface area contributed by atoms with E-state index >= 15 is 0 Å². The van der Waals surface area contributed by atoms with E-state index in [2.05, 4.69) is 16.5 Å². The minimum absolute atomic E-state index is 0.0932. The van der Waals surface area contributed by atoms with Gasteiger partial charge in [0.1, 0.15) is 0 Å². The average Bonchev–Trinajstić information content (AvgIpc) is 3.11. The molecule has 1 aromatic carbocycles. The molecule has 6 heteroatoms. The van der Waals surface area contributed by atoms with Crippen LogP contribution in [0.4, 0.5) is 0 Å². The van der Waals surface area contributed by atoms with Gasteiger partial charge < -0.3 is 14.0 Å². The molecule has 26 heavy (non-hydrogen) atoms. The van der Waals surface area contributed by atoms with Crippen LogP contribution in [0.5, 0.6) is 0 Å². The Bertz CT molecular complexity index is 678. The maximum absolute atomic E-state index is 6.34. The third-order valence-electron chi connectivity index (χ3n) is 4.70.